The van der Waals surface area contributed by atoms with E-state index < -0.39 is 5.82 Å². The third kappa shape index (κ3) is 6.40. The first-order valence-electron chi connectivity index (χ1n) is 15.1. The minimum Gasteiger partial charge on any atom is -0.434 e. The maximum atomic E-state index is 14.2. The van der Waals surface area contributed by atoms with Crippen molar-refractivity contribution in [3.63, 3.8) is 0 Å². The third-order valence-corrected chi connectivity index (χ3v) is 9.06. The Kier molecular flexibility index (Phi) is 9.05. The quantitative estimate of drug-likeness (QED) is 0.412. The summed E-state index contributed by atoms with van der Waals surface area (Å²) in [6, 6.07) is 3.90. The number of nitrogens with zero attached hydrogens (tertiary/aromatic N) is 7. The van der Waals surface area contributed by atoms with Crippen LogP contribution in [0.5, 0.6) is 11.6 Å². The third-order valence-electron chi connectivity index (χ3n) is 9.06. The summed E-state index contributed by atoms with van der Waals surface area (Å²) >= 11 is 0. The number of carbonyl (C=O) groups is 2. The van der Waals surface area contributed by atoms with Gasteiger partial charge in [0.25, 0.3) is 11.8 Å². The van der Waals surface area contributed by atoms with Crippen LogP contribution >= 0.6 is 0 Å². The molecule has 0 bridgehead atoms. The number of anilines is 1. The molecule has 0 N–H and O–H groups in total. The molecule has 0 aliphatic carbocycles. The van der Waals surface area contributed by atoms with Crippen molar-refractivity contribution in [1.82, 2.24) is 29.9 Å². The van der Waals surface area contributed by atoms with E-state index in [0.717, 1.165) is 71.5 Å². The summed E-state index contributed by atoms with van der Waals surface area (Å²) in [6.45, 7) is 16.4. The molecule has 3 fully saturated rings. The molecule has 3 aliphatic heterocycles. The minimum absolute atomic E-state index is 0.0382. The highest BCUT2D eigenvalue weighted by Gasteiger charge is 2.46. The van der Waals surface area contributed by atoms with Gasteiger partial charge in [0.2, 0.25) is 5.91 Å². The van der Waals surface area contributed by atoms with E-state index in [2.05, 4.69) is 31.6 Å². The molecule has 3 saturated heterocycles. The summed E-state index contributed by atoms with van der Waals surface area (Å²) < 4.78 is 20.3. The zero-order chi connectivity index (χ0) is 29.9. The highest BCUT2D eigenvalue weighted by molar-refractivity contribution is 5.97. The lowest BCUT2D eigenvalue weighted by atomic mass is 9.72. The molecule has 2 aromatic rings. The SMILES string of the molecule is C=CC(=O)N1CCC(CN2CCC3(CC2)CN(c2ncnnc2Oc2ccc(F)cc2C(=O)N(CC)C(C)C)C3)CC1. The van der Waals surface area contributed by atoms with Crippen molar-refractivity contribution in [2.24, 2.45) is 11.3 Å². The fourth-order valence-electron chi connectivity index (χ4n) is 6.57. The first kappa shape index (κ1) is 29.9. The van der Waals surface area contributed by atoms with E-state index in [1.807, 2.05) is 25.7 Å². The Bertz CT molecular complexity index is 1280. The molecule has 3 aliphatic rings. The van der Waals surface area contributed by atoms with Crippen LogP contribution in [-0.4, -0.2) is 100 Å². The Morgan fingerprint density at radius 1 is 1.19 bits per heavy atom. The van der Waals surface area contributed by atoms with Gasteiger partial charge >= 0.3 is 0 Å². The predicted octanol–water partition coefficient (Wildman–Crippen LogP) is 4.00. The zero-order valence-corrected chi connectivity index (χ0v) is 25.0. The molecule has 0 radical (unpaired) electrons. The van der Waals surface area contributed by atoms with Crippen LogP contribution in [-0.2, 0) is 4.79 Å². The Balaban J connectivity index is 1.19. The van der Waals surface area contributed by atoms with E-state index in [9.17, 15) is 14.0 Å². The summed E-state index contributed by atoms with van der Waals surface area (Å²) in [5.74, 6) is 0.879. The monoisotopic (exact) mass is 579 g/mol. The van der Waals surface area contributed by atoms with Crippen molar-refractivity contribution in [2.75, 3.05) is 57.3 Å². The molecule has 226 valence electrons. The molecular weight excluding hydrogens is 537 g/mol. The maximum absolute atomic E-state index is 14.2. The van der Waals surface area contributed by atoms with Crippen LogP contribution in [0.15, 0.2) is 37.2 Å². The van der Waals surface area contributed by atoms with Crippen LogP contribution in [0.1, 0.15) is 56.8 Å². The number of likely N-dealkylation sites (tertiary alicyclic amines) is 2. The highest BCUT2D eigenvalue weighted by atomic mass is 19.1. The Hall–Kier alpha value is -3.60. The van der Waals surface area contributed by atoms with E-state index in [4.69, 9.17) is 4.74 Å². The first-order valence-corrected chi connectivity index (χ1v) is 15.1. The minimum atomic E-state index is -0.507. The average Bonchev–Trinajstić information content (AvgIpc) is 2.98. The number of hydrogen-bond acceptors (Lipinski definition) is 8. The molecule has 11 heteroatoms. The lowest BCUT2D eigenvalue weighted by Crippen LogP contribution is -2.61. The van der Waals surface area contributed by atoms with Gasteiger partial charge in [-0.3, -0.25) is 9.59 Å². The molecule has 1 aromatic heterocycles. The molecule has 10 nitrogen and oxygen atoms in total. The van der Waals surface area contributed by atoms with Crippen LogP contribution in [0.3, 0.4) is 0 Å². The van der Waals surface area contributed by atoms with Gasteiger partial charge in [0.1, 0.15) is 17.9 Å². The van der Waals surface area contributed by atoms with Crippen LogP contribution < -0.4 is 9.64 Å². The van der Waals surface area contributed by atoms with Crippen molar-refractivity contribution >= 4 is 17.6 Å². The van der Waals surface area contributed by atoms with Crippen molar-refractivity contribution in [3.05, 3.63) is 48.6 Å². The number of halogens is 1. The first-order chi connectivity index (χ1) is 20.2. The Labute approximate surface area is 247 Å². The number of benzene rings is 1. The van der Waals surface area contributed by atoms with Gasteiger partial charge in [-0.05, 0) is 89.7 Å². The molecule has 2 amide bonds. The summed E-state index contributed by atoms with van der Waals surface area (Å²) in [4.78, 5) is 37.9. The second kappa shape index (κ2) is 12.7. The van der Waals surface area contributed by atoms with Crippen LogP contribution in [0.4, 0.5) is 10.2 Å². The average molecular weight is 580 g/mol. The molecular formula is C31H42FN7O3. The normalized spacial score (nSPS) is 19.1. The molecule has 1 aromatic carbocycles. The van der Waals surface area contributed by atoms with Crippen molar-refractivity contribution < 1.29 is 18.7 Å². The van der Waals surface area contributed by atoms with Crippen LogP contribution in [0.25, 0.3) is 0 Å². The summed E-state index contributed by atoms with van der Waals surface area (Å²) in [5, 5.41) is 8.13. The maximum Gasteiger partial charge on any atom is 0.282 e. The molecule has 4 heterocycles. The Morgan fingerprint density at radius 3 is 2.55 bits per heavy atom. The van der Waals surface area contributed by atoms with Gasteiger partial charge in [-0.15, -0.1) is 10.2 Å². The molecule has 0 saturated carbocycles. The molecule has 0 unspecified atom stereocenters. The molecule has 5 rings (SSSR count). The second-order valence-electron chi connectivity index (χ2n) is 12.1. The van der Waals surface area contributed by atoms with Gasteiger partial charge in [-0.2, -0.15) is 0 Å². The molecule has 1 spiro atoms. The summed E-state index contributed by atoms with van der Waals surface area (Å²) in [7, 11) is 0. The van der Waals surface area contributed by atoms with Crippen molar-refractivity contribution in [2.45, 2.75) is 52.5 Å². The number of rotatable bonds is 9. The number of carbonyl (C=O) groups excluding carboxylic acids is 2. The lowest BCUT2D eigenvalue weighted by Gasteiger charge is -2.54. The number of ether oxygens (including phenoxy) is 1. The summed E-state index contributed by atoms with van der Waals surface area (Å²) in [5.41, 5.74) is 0.376. The molecule has 0 atom stereocenters. The number of aromatic nitrogens is 3. The standard InChI is InChI=1S/C31H42FN7O3/c1-5-27(40)37-13-9-23(10-14-37)18-36-15-11-31(12-16-36)19-38(20-31)28-29(35-34-21-33-28)42-26-8-7-24(32)17-25(26)30(41)39(6-2)22(3)4/h5,7-8,17,21-23H,1,6,9-16,18-20H2,2-4H3. The van der Waals surface area contributed by atoms with Crippen LogP contribution in [0.2, 0.25) is 0 Å². The van der Waals surface area contributed by atoms with Gasteiger partial charge in [0, 0.05) is 50.7 Å². The van der Waals surface area contributed by atoms with Gasteiger partial charge < -0.3 is 24.3 Å². The highest BCUT2D eigenvalue weighted by Crippen LogP contribution is 2.44. The van der Waals surface area contributed by atoms with Crippen molar-refractivity contribution in [3.8, 4) is 11.6 Å². The van der Waals surface area contributed by atoms with Crippen molar-refractivity contribution in [1.29, 1.82) is 0 Å². The predicted molar refractivity (Wildman–Crippen MR) is 158 cm³/mol. The topological polar surface area (TPSA) is 95.0 Å². The van der Waals surface area contributed by atoms with Gasteiger partial charge in [-0.25, -0.2) is 9.37 Å². The van der Waals surface area contributed by atoms with E-state index in [-0.39, 0.29) is 40.5 Å². The van der Waals surface area contributed by atoms with Crippen LogP contribution in [0, 0.1) is 17.2 Å². The smallest absolute Gasteiger partial charge is 0.282 e. The van der Waals surface area contributed by atoms with E-state index >= 15 is 0 Å². The number of piperidine rings is 2. The fraction of sp³-hybridized carbons (Fsp3) is 0.581. The number of amides is 2. The molecule has 42 heavy (non-hydrogen) atoms. The van der Waals surface area contributed by atoms with Gasteiger partial charge in [0.15, 0.2) is 5.82 Å². The number of hydrogen-bond donors (Lipinski definition) is 0. The van der Waals surface area contributed by atoms with E-state index in [1.165, 1.54) is 30.6 Å². The van der Waals surface area contributed by atoms with E-state index in [0.29, 0.717) is 18.3 Å². The largest absolute Gasteiger partial charge is 0.434 e. The van der Waals surface area contributed by atoms with Gasteiger partial charge in [-0.1, -0.05) is 6.58 Å². The lowest BCUT2D eigenvalue weighted by molar-refractivity contribution is -0.127. The van der Waals surface area contributed by atoms with Gasteiger partial charge in [0.05, 0.1) is 5.56 Å². The van der Waals surface area contributed by atoms with E-state index in [1.54, 1.807) is 4.90 Å². The Morgan fingerprint density at radius 2 is 1.90 bits per heavy atom. The second-order valence-corrected chi connectivity index (χ2v) is 12.1. The fourth-order valence-corrected chi connectivity index (χ4v) is 6.57. The summed E-state index contributed by atoms with van der Waals surface area (Å²) in [6.07, 6.45) is 7.14. The zero-order valence-electron chi connectivity index (χ0n) is 25.0.